The molecule has 1 heterocycles. The minimum Gasteiger partial charge on any atom is -0.308 e. The molecule has 0 amide bonds. The van der Waals surface area contributed by atoms with Crippen molar-refractivity contribution in [3.05, 3.63) is 127 Å². The lowest BCUT2D eigenvalue weighted by Crippen LogP contribution is -1.96. The molecule has 170 valence electrons. The summed E-state index contributed by atoms with van der Waals surface area (Å²) in [5.74, 6) is 0. The van der Waals surface area contributed by atoms with Gasteiger partial charge in [-0.25, -0.2) is 0 Å². The summed E-state index contributed by atoms with van der Waals surface area (Å²) in [7, 11) is 0. The zero-order valence-electron chi connectivity index (χ0n) is 20.1. The van der Waals surface area contributed by atoms with Crippen LogP contribution in [-0.2, 0) is 0 Å². The summed E-state index contributed by atoms with van der Waals surface area (Å²) in [6.07, 6.45) is 0. The number of hydrogen-bond acceptors (Lipinski definition) is 0. The minimum atomic E-state index is 1.24. The highest BCUT2D eigenvalue weighted by Crippen LogP contribution is 2.50. The fraction of sp³-hybridized carbons (Fsp3) is 0. The standard InChI is InChI=1S/C36H21N/c1-2-11-23-22(10-1)26-17-9-18-30-33(21-20-28(23)34(26)30)37-32-19-8-7-16-31(32)35-27-14-5-3-12-24(27)25-13-4-6-15-29(25)36(35)37/h1-21H. The average Bonchev–Trinajstić information content (AvgIpc) is 3.49. The highest BCUT2D eigenvalue weighted by atomic mass is 15.0. The van der Waals surface area contributed by atoms with Crippen LogP contribution in [0.2, 0.25) is 0 Å². The van der Waals surface area contributed by atoms with Crippen LogP contribution in [0.5, 0.6) is 0 Å². The van der Waals surface area contributed by atoms with Gasteiger partial charge in [0.2, 0.25) is 0 Å². The number of rotatable bonds is 1. The van der Waals surface area contributed by atoms with E-state index in [0.717, 1.165) is 0 Å². The predicted molar refractivity (Wildman–Crippen MR) is 158 cm³/mol. The zero-order valence-corrected chi connectivity index (χ0v) is 20.1. The van der Waals surface area contributed by atoms with E-state index in [-0.39, 0.29) is 0 Å². The Kier molecular flexibility index (Phi) is 3.59. The van der Waals surface area contributed by atoms with Crippen molar-refractivity contribution in [3.63, 3.8) is 0 Å². The SMILES string of the molecule is c1ccc2c(c1)-c1cccc3c(-n4c5ccccc5c5c6ccccc6c6ccccc6c54)ccc-2c13. The summed E-state index contributed by atoms with van der Waals surface area (Å²) in [6.45, 7) is 0. The van der Waals surface area contributed by atoms with Gasteiger partial charge in [-0.2, -0.15) is 0 Å². The first-order chi connectivity index (χ1) is 18.4. The van der Waals surface area contributed by atoms with Crippen LogP contribution in [0.25, 0.3) is 82.1 Å². The van der Waals surface area contributed by atoms with Crippen LogP contribution in [-0.4, -0.2) is 4.57 Å². The van der Waals surface area contributed by atoms with Crippen molar-refractivity contribution < 1.29 is 0 Å². The first-order valence-corrected chi connectivity index (χ1v) is 12.9. The molecule has 1 aromatic heterocycles. The molecule has 0 unspecified atom stereocenters. The summed E-state index contributed by atoms with van der Waals surface area (Å²) in [6, 6.07) is 46.9. The molecule has 7 aromatic carbocycles. The monoisotopic (exact) mass is 467 g/mol. The Morgan fingerprint density at radius 1 is 0.324 bits per heavy atom. The van der Waals surface area contributed by atoms with Gasteiger partial charge in [0.05, 0.1) is 16.7 Å². The summed E-state index contributed by atoms with van der Waals surface area (Å²) in [5, 5.41) is 10.5. The molecular formula is C36H21N. The molecular weight excluding hydrogens is 446 g/mol. The molecule has 1 aliphatic rings. The Bertz CT molecular complexity index is 2220. The van der Waals surface area contributed by atoms with Crippen molar-refractivity contribution >= 4 is 54.1 Å². The van der Waals surface area contributed by atoms with Gasteiger partial charge >= 0.3 is 0 Å². The third-order valence-electron chi connectivity index (χ3n) is 8.31. The number of aromatic nitrogens is 1. The second-order valence-electron chi connectivity index (χ2n) is 10.1. The van der Waals surface area contributed by atoms with Gasteiger partial charge in [0.15, 0.2) is 0 Å². The highest BCUT2D eigenvalue weighted by Gasteiger charge is 2.24. The highest BCUT2D eigenvalue weighted by molar-refractivity contribution is 6.32. The van der Waals surface area contributed by atoms with Gasteiger partial charge < -0.3 is 4.57 Å². The normalized spacial score (nSPS) is 12.3. The minimum absolute atomic E-state index is 1.24. The topological polar surface area (TPSA) is 4.93 Å². The number of para-hydroxylation sites is 1. The van der Waals surface area contributed by atoms with E-state index in [9.17, 15) is 0 Å². The first-order valence-electron chi connectivity index (χ1n) is 12.9. The quantitative estimate of drug-likeness (QED) is 0.212. The lowest BCUT2D eigenvalue weighted by molar-refractivity contribution is 1.21. The van der Waals surface area contributed by atoms with Gasteiger partial charge in [0.25, 0.3) is 0 Å². The van der Waals surface area contributed by atoms with Crippen molar-refractivity contribution in [2.45, 2.75) is 0 Å². The molecule has 0 aliphatic heterocycles. The van der Waals surface area contributed by atoms with Crippen molar-refractivity contribution in [2.24, 2.45) is 0 Å². The maximum absolute atomic E-state index is 2.52. The van der Waals surface area contributed by atoms with E-state index < -0.39 is 0 Å². The van der Waals surface area contributed by atoms with Gasteiger partial charge in [-0.3, -0.25) is 0 Å². The van der Waals surface area contributed by atoms with Crippen molar-refractivity contribution in [1.29, 1.82) is 0 Å². The van der Waals surface area contributed by atoms with E-state index >= 15 is 0 Å². The first kappa shape index (κ1) is 19.3. The second-order valence-corrected chi connectivity index (χ2v) is 10.1. The van der Waals surface area contributed by atoms with Crippen LogP contribution in [0.3, 0.4) is 0 Å². The van der Waals surface area contributed by atoms with Crippen molar-refractivity contribution in [3.8, 4) is 27.9 Å². The van der Waals surface area contributed by atoms with Crippen molar-refractivity contribution in [1.82, 2.24) is 4.57 Å². The molecule has 0 saturated carbocycles. The van der Waals surface area contributed by atoms with Crippen molar-refractivity contribution in [2.75, 3.05) is 0 Å². The van der Waals surface area contributed by atoms with E-state index in [0.29, 0.717) is 0 Å². The lowest BCUT2D eigenvalue weighted by atomic mass is 9.96. The summed E-state index contributed by atoms with van der Waals surface area (Å²) in [5.41, 5.74) is 9.10. The van der Waals surface area contributed by atoms with Crippen LogP contribution in [0.15, 0.2) is 127 Å². The van der Waals surface area contributed by atoms with E-state index in [1.807, 2.05) is 0 Å². The second kappa shape index (κ2) is 6.87. The molecule has 8 aromatic rings. The molecule has 9 rings (SSSR count). The molecule has 0 N–H and O–H groups in total. The fourth-order valence-corrected chi connectivity index (χ4v) is 6.87. The number of benzene rings is 7. The van der Waals surface area contributed by atoms with E-state index in [1.54, 1.807) is 0 Å². The van der Waals surface area contributed by atoms with E-state index in [1.165, 1.54) is 82.1 Å². The Morgan fingerprint density at radius 2 is 0.865 bits per heavy atom. The Morgan fingerprint density at radius 3 is 1.65 bits per heavy atom. The zero-order chi connectivity index (χ0) is 24.1. The van der Waals surface area contributed by atoms with Crippen LogP contribution >= 0.6 is 0 Å². The molecule has 37 heavy (non-hydrogen) atoms. The van der Waals surface area contributed by atoms with Gasteiger partial charge in [-0.15, -0.1) is 0 Å². The summed E-state index contributed by atoms with van der Waals surface area (Å²) >= 11 is 0. The molecule has 0 saturated heterocycles. The molecule has 0 fully saturated rings. The van der Waals surface area contributed by atoms with Gasteiger partial charge in [-0.1, -0.05) is 115 Å². The number of hydrogen-bond donors (Lipinski definition) is 0. The van der Waals surface area contributed by atoms with Gasteiger partial charge in [-0.05, 0) is 55.9 Å². The Hall–Kier alpha value is -4.88. The summed E-state index contributed by atoms with van der Waals surface area (Å²) < 4.78 is 2.52. The molecule has 1 heteroatoms. The van der Waals surface area contributed by atoms with E-state index in [2.05, 4.69) is 132 Å². The smallest absolute Gasteiger partial charge is 0.0626 e. The number of fused-ring (bicyclic) bond motifs is 11. The Labute approximate surface area is 213 Å². The Balaban J connectivity index is 1.54. The molecule has 0 spiro atoms. The molecule has 0 atom stereocenters. The van der Waals surface area contributed by atoms with Crippen LogP contribution in [0.1, 0.15) is 0 Å². The molecule has 0 radical (unpaired) electrons. The maximum atomic E-state index is 2.52. The van der Waals surface area contributed by atoms with Crippen LogP contribution in [0, 0.1) is 0 Å². The average molecular weight is 468 g/mol. The summed E-state index contributed by atoms with van der Waals surface area (Å²) in [4.78, 5) is 0. The van der Waals surface area contributed by atoms with Crippen LogP contribution in [0.4, 0.5) is 0 Å². The van der Waals surface area contributed by atoms with Gasteiger partial charge in [0.1, 0.15) is 0 Å². The van der Waals surface area contributed by atoms with E-state index in [4.69, 9.17) is 0 Å². The third-order valence-corrected chi connectivity index (χ3v) is 8.31. The third kappa shape index (κ3) is 2.34. The molecule has 1 aliphatic carbocycles. The molecule has 1 nitrogen and oxygen atoms in total. The predicted octanol–water partition coefficient (Wildman–Crippen LogP) is 9.89. The van der Waals surface area contributed by atoms with Gasteiger partial charge in [0, 0.05) is 21.5 Å². The molecule has 0 bridgehead atoms. The number of nitrogens with zero attached hydrogens (tertiary/aromatic N) is 1. The largest absolute Gasteiger partial charge is 0.308 e. The lowest BCUT2D eigenvalue weighted by Gasteiger charge is -2.15. The van der Waals surface area contributed by atoms with Crippen LogP contribution < -0.4 is 0 Å². The fourth-order valence-electron chi connectivity index (χ4n) is 6.87. The maximum Gasteiger partial charge on any atom is 0.0626 e.